The lowest BCUT2D eigenvalue weighted by Gasteiger charge is -2.06. The summed E-state index contributed by atoms with van der Waals surface area (Å²) in [7, 11) is 0. The monoisotopic (exact) mass is 540 g/mol. The van der Waals surface area contributed by atoms with E-state index in [4.69, 9.17) is 9.47 Å². The first-order valence-electron chi connectivity index (χ1n) is 15.2. The highest BCUT2D eigenvalue weighted by Gasteiger charge is 2.12. The van der Waals surface area contributed by atoms with Crippen LogP contribution in [-0.4, -0.2) is 26.4 Å². The van der Waals surface area contributed by atoms with Gasteiger partial charge in [-0.05, 0) is 84.0 Å². The van der Waals surface area contributed by atoms with Gasteiger partial charge in [-0.3, -0.25) is 0 Å². The van der Waals surface area contributed by atoms with E-state index >= 15 is 0 Å². The molecule has 4 aromatic carbocycles. The molecule has 0 bridgehead atoms. The fourth-order valence-corrected chi connectivity index (χ4v) is 6.89. The lowest BCUT2D eigenvalue weighted by molar-refractivity contribution is 0.127. The van der Waals surface area contributed by atoms with E-state index in [-0.39, 0.29) is 0 Å². The summed E-state index contributed by atoms with van der Waals surface area (Å²) in [5, 5.41) is 8.24. The van der Waals surface area contributed by atoms with E-state index in [0.29, 0.717) is 0 Å². The van der Waals surface area contributed by atoms with Gasteiger partial charge in [0.25, 0.3) is 0 Å². The lowest BCUT2D eigenvalue weighted by atomic mass is 9.99. The zero-order valence-corrected chi connectivity index (χ0v) is 24.7. The number of hydrogen-bond acceptors (Lipinski definition) is 3. The number of unbranched alkanes of at least 4 members (excludes halogenated alkanes) is 4. The first-order valence-corrected chi connectivity index (χ1v) is 16.0. The van der Waals surface area contributed by atoms with Crippen molar-refractivity contribution in [3.05, 3.63) is 71.8 Å². The van der Waals surface area contributed by atoms with E-state index in [2.05, 4.69) is 74.5 Å². The summed E-state index contributed by atoms with van der Waals surface area (Å²) in [6.45, 7) is 8.01. The maximum absolute atomic E-state index is 5.73. The summed E-state index contributed by atoms with van der Waals surface area (Å²) < 4.78 is 14.3. The van der Waals surface area contributed by atoms with Crippen molar-refractivity contribution >= 4 is 53.1 Å². The molecule has 206 valence electrons. The Balaban J connectivity index is 1.28. The summed E-state index contributed by atoms with van der Waals surface area (Å²) in [6, 6.07) is 23.5. The average Bonchev–Trinajstić information content (AvgIpc) is 3.35. The standard InChI is InChI=1S/C36H44O2S/c1-3-5-21-37-23-9-7-11-27-13-17-31-29(25-27)15-19-33-34-20-16-30-26-28(12-8-10-24-38-22-6-4-2)14-18-32(30)36(34)39-35(31)33/h13-20,25-26H,3-12,21-24H2,1-2H3. The van der Waals surface area contributed by atoms with Crippen LogP contribution < -0.4 is 0 Å². The van der Waals surface area contributed by atoms with E-state index < -0.39 is 0 Å². The number of hydrogen-bond donors (Lipinski definition) is 0. The first-order chi connectivity index (χ1) is 19.3. The van der Waals surface area contributed by atoms with Crippen LogP contribution >= 0.6 is 11.3 Å². The highest BCUT2D eigenvalue weighted by molar-refractivity contribution is 7.27. The van der Waals surface area contributed by atoms with Crippen molar-refractivity contribution in [3.63, 3.8) is 0 Å². The molecule has 0 fully saturated rings. The lowest BCUT2D eigenvalue weighted by Crippen LogP contribution is -1.97. The van der Waals surface area contributed by atoms with Crippen LogP contribution in [0, 0.1) is 0 Å². The van der Waals surface area contributed by atoms with Gasteiger partial charge in [-0.2, -0.15) is 0 Å². The molecule has 0 saturated carbocycles. The van der Waals surface area contributed by atoms with Crippen molar-refractivity contribution in [2.45, 2.75) is 78.1 Å². The summed E-state index contributed by atoms with van der Waals surface area (Å²) in [4.78, 5) is 0. The Bertz CT molecular complexity index is 1390. The Morgan fingerprint density at radius 2 is 0.923 bits per heavy atom. The van der Waals surface area contributed by atoms with Gasteiger partial charge in [-0.1, -0.05) is 87.4 Å². The van der Waals surface area contributed by atoms with Crippen LogP contribution in [0.1, 0.15) is 76.3 Å². The Kier molecular flexibility index (Phi) is 10.3. The first kappa shape index (κ1) is 28.1. The second-order valence-electron chi connectivity index (χ2n) is 10.9. The number of benzene rings is 4. The van der Waals surface area contributed by atoms with Gasteiger partial charge in [0.05, 0.1) is 0 Å². The molecule has 39 heavy (non-hydrogen) atoms. The summed E-state index contributed by atoms with van der Waals surface area (Å²) in [5.41, 5.74) is 2.86. The van der Waals surface area contributed by atoms with Crippen molar-refractivity contribution in [1.82, 2.24) is 0 Å². The van der Waals surface area contributed by atoms with Crippen LogP contribution in [0.25, 0.3) is 41.7 Å². The van der Waals surface area contributed by atoms with E-state index in [1.807, 2.05) is 11.3 Å². The summed E-state index contributed by atoms with van der Waals surface area (Å²) >= 11 is 1.96. The maximum Gasteiger partial charge on any atom is 0.0466 e. The number of fused-ring (bicyclic) bond motifs is 7. The Hall–Kier alpha value is -2.46. The molecule has 0 N–H and O–H groups in total. The largest absolute Gasteiger partial charge is 0.381 e. The van der Waals surface area contributed by atoms with Gasteiger partial charge in [0.1, 0.15) is 0 Å². The second kappa shape index (κ2) is 14.3. The van der Waals surface area contributed by atoms with Crippen molar-refractivity contribution < 1.29 is 9.47 Å². The van der Waals surface area contributed by atoms with Crippen molar-refractivity contribution in [2.75, 3.05) is 26.4 Å². The maximum atomic E-state index is 5.73. The van der Waals surface area contributed by atoms with Gasteiger partial charge >= 0.3 is 0 Å². The second-order valence-corrected chi connectivity index (χ2v) is 12.0. The van der Waals surface area contributed by atoms with E-state index in [1.165, 1.54) is 91.4 Å². The molecule has 0 aliphatic carbocycles. The molecule has 5 aromatic rings. The third-order valence-electron chi connectivity index (χ3n) is 7.86. The molecule has 0 spiro atoms. The van der Waals surface area contributed by atoms with Crippen molar-refractivity contribution in [1.29, 1.82) is 0 Å². The molecular weight excluding hydrogens is 496 g/mol. The molecule has 0 amide bonds. The van der Waals surface area contributed by atoms with Gasteiger partial charge in [-0.15, -0.1) is 11.3 Å². The van der Waals surface area contributed by atoms with Crippen LogP contribution in [0.5, 0.6) is 0 Å². The number of thiophene rings is 1. The molecule has 1 aromatic heterocycles. The number of rotatable bonds is 16. The highest BCUT2D eigenvalue weighted by atomic mass is 32.1. The third kappa shape index (κ3) is 7.01. The van der Waals surface area contributed by atoms with Gasteiger partial charge in [-0.25, -0.2) is 0 Å². The molecule has 3 heteroatoms. The predicted octanol–water partition coefficient (Wildman–Crippen LogP) is 10.6. The van der Waals surface area contributed by atoms with Crippen LogP contribution in [-0.2, 0) is 22.3 Å². The van der Waals surface area contributed by atoms with E-state index in [0.717, 1.165) is 52.1 Å². The van der Waals surface area contributed by atoms with Crippen molar-refractivity contribution in [2.24, 2.45) is 0 Å². The summed E-state index contributed by atoms with van der Waals surface area (Å²) in [6.07, 6.45) is 11.6. The number of ether oxygens (including phenoxy) is 2. The van der Waals surface area contributed by atoms with Crippen molar-refractivity contribution in [3.8, 4) is 0 Å². The molecule has 5 rings (SSSR count). The molecule has 0 saturated heterocycles. The minimum atomic E-state index is 0.888. The topological polar surface area (TPSA) is 18.5 Å². The van der Waals surface area contributed by atoms with Crippen LogP contribution in [0.3, 0.4) is 0 Å². The SMILES string of the molecule is CCCCOCCCCc1ccc2c(ccc3c4ccc5cc(CCCCOCCCC)ccc5c4sc23)c1. The average molecular weight is 541 g/mol. The quantitative estimate of drug-likeness (QED) is 0.116. The molecule has 2 nitrogen and oxygen atoms in total. The molecular formula is C36H44O2S. The predicted molar refractivity (Wildman–Crippen MR) is 172 cm³/mol. The molecule has 0 atom stereocenters. The number of aryl methyl sites for hydroxylation is 2. The fraction of sp³-hybridized carbons (Fsp3) is 0.444. The fourth-order valence-electron chi connectivity index (χ4n) is 5.52. The summed E-state index contributed by atoms with van der Waals surface area (Å²) in [5.74, 6) is 0. The smallest absolute Gasteiger partial charge is 0.0466 e. The zero-order valence-electron chi connectivity index (χ0n) is 23.9. The van der Waals surface area contributed by atoms with Gasteiger partial charge < -0.3 is 9.47 Å². The Labute approximate surface area is 238 Å². The van der Waals surface area contributed by atoms with Crippen LogP contribution in [0.15, 0.2) is 60.7 Å². The van der Waals surface area contributed by atoms with Gasteiger partial charge in [0.2, 0.25) is 0 Å². The third-order valence-corrected chi connectivity index (χ3v) is 9.14. The minimum absolute atomic E-state index is 0.888. The normalized spacial score (nSPS) is 11.9. The Morgan fingerprint density at radius 3 is 1.38 bits per heavy atom. The van der Waals surface area contributed by atoms with E-state index in [9.17, 15) is 0 Å². The molecule has 1 heterocycles. The zero-order chi connectivity index (χ0) is 26.9. The van der Waals surface area contributed by atoms with Crippen LogP contribution in [0.4, 0.5) is 0 Å². The highest BCUT2D eigenvalue weighted by Crippen LogP contribution is 2.42. The van der Waals surface area contributed by atoms with Gasteiger partial charge in [0, 0.05) is 46.6 Å². The molecule has 0 aliphatic rings. The molecule has 0 aliphatic heterocycles. The minimum Gasteiger partial charge on any atom is -0.381 e. The van der Waals surface area contributed by atoms with Crippen LogP contribution in [0.2, 0.25) is 0 Å². The molecule has 0 unspecified atom stereocenters. The van der Waals surface area contributed by atoms with Gasteiger partial charge in [0.15, 0.2) is 0 Å². The Morgan fingerprint density at radius 1 is 0.487 bits per heavy atom. The van der Waals surface area contributed by atoms with E-state index in [1.54, 1.807) is 0 Å². The molecule has 0 radical (unpaired) electrons.